The second kappa shape index (κ2) is 9.92. The summed E-state index contributed by atoms with van der Waals surface area (Å²) in [5.74, 6) is 1.66. The van der Waals surface area contributed by atoms with Gasteiger partial charge in [0.25, 0.3) is 0 Å². The number of aromatic nitrogens is 3. The van der Waals surface area contributed by atoms with Gasteiger partial charge in [0, 0.05) is 33.2 Å². The van der Waals surface area contributed by atoms with Crippen molar-refractivity contribution in [2.45, 2.75) is 26.4 Å². The highest BCUT2D eigenvalue weighted by atomic mass is 127. The average molecular weight is 395 g/mol. The van der Waals surface area contributed by atoms with E-state index in [1.54, 1.807) is 18.1 Å². The van der Waals surface area contributed by atoms with Crippen molar-refractivity contribution in [3.8, 4) is 0 Å². The highest BCUT2D eigenvalue weighted by Gasteiger charge is 2.04. The number of aryl methyl sites for hydroxylation is 1. The molecule has 0 unspecified atom stereocenters. The summed E-state index contributed by atoms with van der Waals surface area (Å²) in [6, 6.07) is 0.551. The number of rotatable bonds is 6. The Bertz CT molecular complexity index is 402. The zero-order valence-corrected chi connectivity index (χ0v) is 15.3. The molecule has 1 rings (SSSR count). The van der Waals surface area contributed by atoms with E-state index < -0.39 is 0 Å². The van der Waals surface area contributed by atoms with Gasteiger partial charge in [-0.1, -0.05) is 0 Å². The number of hydrogen-bond acceptors (Lipinski definition) is 4. The van der Waals surface area contributed by atoms with Crippen LogP contribution in [-0.2, 0) is 13.6 Å². The van der Waals surface area contributed by atoms with Crippen molar-refractivity contribution in [3.05, 3.63) is 12.2 Å². The average Bonchev–Trinajstić information content (AvgIpc) is 2.78. The van der Waals surface area contributed by atoms with E-state index in [4.69, 9.17) is 0 Å². The number of guanidine groups is 1. The largest absolute Gasteiger partial charge is 0.355 e. The molecule has 0 saturated carbocycles. The summed E-state index contributed by atoms with van der Waals surface area (Å²) in [5, 5.41) is 10.5. The lowest BCUT2D eigenvalue weighted by atomic mass is 10.3. The van der Waals surface area contributed by atoms with Gasteiger partial charge in [0.05, 0.1) is 6.54 Å². The molecule has 0 spiro atoms. The maximum Gasteiger partial charge on any atom is 0.191 e. The van der Waals surface area contributed by atoms with Gasteiger partial charge in [0.2, 0.25) is 0 Å². The van der Waals surface area contributed by atoms with E-state index >= 15 is 0 Å². The Kier molecular flexibility index (Phi) is 9.47. The van der Waals surface area contributed by atoms with Crippen molar-refractivity contribution in [2.75, 3.05) is 27.2 Å². The van der Waals surface area contributed by atoms with Gasteiger partial charge in [0.1, 0.15) is 12.2 Å². The third-order valence-electron chi connectivity index (χ3n) is 3.08. The van der Waals surface area contributed by atoms with Gasteiger partial charge in [-0.15, -0.1) is 24.0 Å². The van der Waals surface area contributed by atoms with Gasteiger partial charge in [-0.2, -0.15) is 5.10 Å². The van der Waals surface area contributed by atoms with Crippen LogP contribution < -0.4 is 10.6 Å². The van der Waals surface area contributed by atoms with Crippen molar-refractivity contribution < 1.29 is 0 Å². The van der Waals surface area contributed by atoms with Gasteiger partial charge in [-0.3, -0.25) is 9.67 Å². The molecule has 1 heterocycles. The number of aliphatic imine (C=N–C) groups is 1. The van der Waals surface area contributed by atoms with Gasteiger partial charge in [-0.25, -0.2) is 4.98 Å². The van der Waals surface area contributed by atoms with Crippen LogP contribution in [0.25, 0.3) is 0 Å². The molecule has 0 aliphatic carbocycles. The van der Waals surface area contributed by atoms with E-state index in [9.17, 15) is 0 Å². The van der Waals surface area contributed by atoms with Crippen LogP contribution in [0.1, 0.15) is 19.7 Å². The lowest BCUT2D eigenvalue weighted by molar-refractivity contribution is 0.278. The molecular weight excluding hydrogens is 369 g/mol. The Hall–Kier alpha value is -0.900. The number of likely N-dealkylation sites (N-methyl/N-ethyl adjacent to an activating group) is 1. The summed E-state index contributed by atoms with van der Waals surface area (Å²) in [4.78, 5) is 10.6. The molecule has 0 amide bonds. The molecule has 1 aromatic rings. The second-order valence-corrected chi connectivity index (χ2v) is 4.73. The van der Waals surface area contributed by atoms with Crippen molar-refractivity contribution in [3.63, 3.8) is 0 Å². The number of nitrogens with zero attached hydrogens (tertiary/aromatic N) is 5. The predicted molar refractivity (Wildman–Crippen MR) is 92.4 cm³/mol. The van der Waals surface area contributed by atoms with E-state index in [1.165, 1.54) is 0 Å². The molecule has 0 aromatic carbocycles. The molecular formula is C12H26IN7. The number of nitrogens with one attached hydrogen (secondary N) is 2. The van der Waals surface area contributed by atoms with E-state index in [-0.39, 0.29) is 24.0 Å². The lowest BCUT2D eigenvalue weighted by Crippen LogP contribution is -2.42. The minimum Gasteiger partial charge on any atom is -0.355 e. The summed E-state index contributed by atoms with van der Waals surface area (Å²) < 4.78 is 1.74. The van der Waals surface area contributed by atoms with E-state index in [0.717, 1.165) is 24.9 Å². The maximum atomic E-state index is 4.18. The lowest BCUT2D eigenvalue weighted by Gasteiger charge is -2.21. The second-order valence-electron chi connectivity index (χ2n) is 4.73. The summed E-state index contributed by atoms with van der Waals surface area (Å²) in [6.07, 6.45) is 1.55. The molecule has 0 radical (unpaired) electrons. The van der Waals surface area contributed by atoms with Crippen LogP contribution in [-0.4, -0.2) is 58.9 Å². The Morgan fingerprint density at radius 3 is 2.65 bits per heavy atom. The molecule has 2 N–H and O–H groups in total. The van der Waals surface area contributed by atoms with Gasteiger partial charge in [-0.05, 0) is 20.9 Å². The first-order valence-electron chi connectivity index (χ1n) is 6.52. The molecule has 20 heavy (non-hydrogen) atoms. The van der Waals surface area contributed by atoms with Crippen LogP contribution in [0.3, 0.4) is 0 Å². The third kappa shape index (κ3) is 6.51. The van der Waals surface area contributed by atoms with E-state index in [0.29, 0.717) is 12.6 Å². The van der Waals surface area contributed by atoms with Crippen molar-refractivity contribution in [2.24, 2.45) is 12.0 Å². The minimum atomic E-state index is 0. The van der Waals surface area contributed by atoms with Crippen molar-refractivity contribution >= 4 is 29.9 Å². The van der Waals surface area contributed by atoms with Gasteiger partial charge < -0.3 is 15.5 Å². The van der Waals surface area contributed by atoms with E-state index in [1.807, 2.05) is 7.05 Å². The molecule has 0 fully saturated rings. The molecule has 0 aliphatic rings. The molecule has 8 heteroatoms. The molecule has 0 saturated heterocycles. The van der Waals surface area contributed by atoms with Gasteiger partial charge in [0.15, 0.2) is 5.96 Å². The predicted octanol–water partition coefficient (Wildman–Crippen LogP) is 0.438. The standard InChI is InChI=1S/C12H25N7.HI/c1-10(2)18(4)7-6-14-12(13-3)15-8-11-16-9-17-19(11)5;/h9-10H,6-8H2,1-5H3,(H2,13,14,15);1H. The van der Waals surface area contributed by atoms with Crippen LogP contribution >= 0.6 is 24.0 Å². The number of halogens is 1. The maximum absolute atomic E-state index is 4.18. The summed E-state index contributed by atoms with van der Waals surface area (Å²) in [7, 11) is 5.75. The smallest absolute Gasteiger partial charge is 0.191 e. The fourth-order valence-electron chi connectivity index (χ4n) is 1.47. The summed E-state index contributed by atoms with van der Waals surface area (Å²) >= 11 is 0. The Balaban J connectivity index is 0.00000361. The van der Waals surface area contributed by atoms with Crippen LogP contribution in [0.5, 0.6) is 0 Å². The third-order valence-corrected chi connectivity index (χ3v) is 3.08. The fraction of sp³-hybridized carbons (Fsp3) is 0.750. The summed E-state index contributed by atoms with van der Waals surface area (Å²) in [5.41, 5.74) is 0. The fourth-order valence-corrected chi connectivity index (χ4v) is 1.47. The number of hydrogen-bond donors (Lipinski definition) is 2. The first-order valence-corrected chi connectivity index (χ1v) is 6.52. The zero-order valence-electron chi connectivity index (χ0n) is 12.9. The quantitative estimate of drug-likeness (QED) is 0.416. The van der Waals surface area contributed by atoms with E-state index in [2.05, 4.69) is 51.5 Å². The Morgan fingerprint density at radius 1 is 1.45 bits per heavy atom. The normalized spacial score (nSPS) is 11.7. The Morgan fingerprint density at radius 2 is 2.15 bits per heavy atom. The highest BCUT2D eigenvalue weighted by molar-refractivity contribution is 14.0. The van der Waals surface area contributed by atoms with Crippen LogP contribution in [0.2, 0.25) is 0 Å². The van der Waals surface area contributed by atoms with Crippen LogP contribution in [0, 0.1) is 0 Å². The van der Waals surface area contributed by atoms with Crippen molar-refractivity contribution in [1.82, 2.24) is 30.3 Å². The molecule has 0 aliphatic heterocycles. The molecule has 116 valence electrons. The van der Waals surface area contributed by atoms with Gasteiger partial charge >= 0.3 is 0 Å². The molecule has 1 aromatic heterocycles. The highest BCUT2D eigenvalue weighted by Crippen LogP contribution is 1.91. The monoisotopic (exact) mass is 395 g/mol. The first-order chi connectivity index (χ1) is 9.04. The SMILES string of the molecule is CN=C(NCCN(C)C(C)C)NCc1ncnn1C.I. The topological polar surface area (TPSA) is 70.4 Å². The van der Waals surface area contributed by atoms with Crippen LogP contribution in [0.15, 0.2) is 11.3 Å². The minimum absolute atomic E-state index is 0. The molecule has 0 bridgehead atoms. The molecule has 0 atom stereocenters. The van der Waals surface area contributed by atoms with Crippen molar-refractivity contribution in [1.29, 1.82) is 0 Å². The first kappa shape index (κ1) is 19.1. The Labute approximate surface area is 138 Å². The van der Waals surface area contributed by atoms with Crippen LogP contribution in [0.4, 0.5) is 0 Å². The molecule has 7 nitrogen and oxygen atoms in total. The zero-order chi connectivity index (χ0) is 14.3. The summed E-state index contributed by atoms with van der Waals surface area (Å²) in [6.45, 7) is 6.80.